The number of ether oxygens (including phenoxy) is 2. The van der Waals surface area contributed by atoms with E-state index in [1.165, 1.54) is 6.92 Å². The Kier molecular flexibility index (Phi) is 5.41. The van der Waals surface area contributed by atoms with Crippen molar-refractivity contribution in [1.82, 2.24) is 5.32 Å². The van der Waals surface area contributed by atoms with Crippen LogP contribution < -0.4 is 20.1 Å². The zero-order valence-corrected chi connectivity index (χ0v) is 14.9. The van der Waals surface area contributed by atoms with Crippen molar-refractivity contribution in [3.05, 3.63) is 53.6 Å². The zero-order chi connectivity index (χ0) is 18.5. The van der Waals surface area contributed by atoms with Crippen LogP contribution in [0.2, 0.25) is 0 Å². The third-order valence-corrected chi connectivity index (χ3v) is 4.08. The van der Waals surface area contributed by atoms with Crippen molar-refractivity contribution in [1.29, 1.82) is 0 Å². The molecule has 0 aliphatic carbocycles. The molecule has 1 unspecified atom stereocenters. The Morgan fingerprint density at radius 2 is 1.73 bits per heavy atom. The van der Waals surface area contributed by atoms with Gasteiger partial charge in [-0.1, -0.05) is 18.2 Å². The van der Waals surface area contributed by atoms with Crippen molar-refractivity contribution < 1.29 is 19.1 Å². The van der Waals surface area contributed by atoms with E-state index in [4.69, 9.17) is 9.47 Å². The molecule has 0 radical (unpaired) electrons. The van der Waals surface area contributed by atoms with E-state index in [1.54, 1.807) is 12.1 Å². The molecule has 2 N–H and O–H groups in total. The van der Waals surface area contributed by atoms with Gasteiger partial charge < -0.3 is 20.1 Å². The summed E-state index contributed by atoms with van der Waals surface area (Å²) in [6, 6.07) is 12.8. The minimum Gasteiger partial charge on any atom is -0.486 e. The first-order valence-electron chi connectivity index (χ1n) is 8.57. The van der Waals surface area contributed by atoms with Crippen molar-refractivity contribution in [2.24, 2.45) is 0 Å². The van der Waals surface area contributed by atoms with Gasteiger partial charge in [0.15, 0.2) is 11.5 Å². The Morgan fingerprint density at radius 3 is 2.42 bits per heavy atom. The molecule has 0 saturated carbocycles. The van der Waals surface area contributed by atoms with Crippen molar-refractivity contribution >= 4 is 17.5 Å². The molecule has 2 amide bonds. The molecule has 1 aliphatic heterocycles. The third kappa shape index (κ3) is 4.53. The van der Waals surface area contributed by atoms with Crippen molar-refractivity contribution in [3.63, 3.8) is 0 Å². The molecular formula is C20H22N2O4. The van der Waals surface area contributed by atoms with E-state index >= 15 is 0 Å². The normalized spacial score (nSPS) is 13.6. The van der Waals surface area contributed by atoms with Crippen LogP contribution in [0.15, 0.2) is 42.5 Å². The highest BCUT2D eigenvalue weighted by Crippen LogP contribution is 2.32. The van der Waals surface area contributed by atoms with Crippen molar-refractivity contribution in [3.8, 4) is 11.5 Å². The summed E-state index contributed by atoms with van der Waals surface area (Å²) in [5.41, 5.74) is 2.56. The van der Waals surface area contributed by atoms with Crippen LogP contribution in [0, 0.1) is 0 Å². The number of anilines is 1. The number of fused-ring (bicyclic) bond motifs is 1. The van der Waals surface area contributed by atoms with Crippen LogP contribution in [0.25, 0.3) is 0 Å². The minimum absolute atomic E-state index is 0.0698. The lowest BCUT2D eigenvalue weighted by Gasteiger charge is -2.21. The summed E-state index contributed by atoms with van der Waals surface area (Å²) in [6.07, 6.45) is 0.273. The molecule has 0 spiro atoms. The molecule has 26 heavy (non-hydrogen) atoms. The lowest BCUT2D eigenvalue weighted by Crippen LogP contribution is -2.28. The lowest BCUT2D eigenvalue weighted by molar-refractivity contribution is -0.121. The number of benzene rings is 2. The van der Waals surface area contributed by atoms with Crippen LogP contribution in [0.4, 0.5) is 5.69 Å². The van der Waals surface area contributed by atoms with Gasteiger partial charge in [0.05, 0.1) is 12.5 Å². The van der Waals surface area contributed by atoms with E-state index in [9.17, 15) is 9.59 Å². The largest absolute Gasteiger partial charge is 0.486 e. The summed E-state index contributed by atoms with van der Waals surface area (Å²) in [5, 5.41) is 5.70. The van der Waals surface area contributed by atoms with Gasteiger partial charge >= 0.3 is 0 Å². The lowest BCUT2D eigenvalue weighted by atomic mass is 10.1. The van der Waals surface area contributed by atoms with E-state index in [1.807, 2.05) is 37.3 Å². The molecule has 3 rings (SSSR count). The van der Waals surface area contributed by atoms with E-state index in [2.05, 4.69) is 10.6 Å². The molecule has 6 heteroatoms. The molecular weight excluding hydrogens is 332 g/mol. The molecule has 2 aromatic rings. The number of hydrogen-bond acceptors (Lipinski definition) is 4. The average Bonchev–Trinajstić information content (AvgIpc) is 2.62. The fourth-order valence-corrected chi connectivity index (χ4v) is 2.80. The topological polar surface area (TPSA) is 76.7 Å². The van der Waals surface area contributed by atoms with Crippen LogP contribution in [0.3, 0.4) is 0 Å². The maximum absolute atomic E-state index is 12.3. The smallest absolute Gasteiger partial charge is 0.224 e. The van der Waals surface area contributed by atoms with Crippen LogP contribution in [-0.2, 0) is 16.0 Å². The van der Waals surface area contributed by atoms with Gasteiger partial charge in [-0.15, -0.1) is 0 Å². The second-order valence-corrected chi connectivity index (χ2v) is 6.25. The summed E-state index contributed by atoms with van der Waals surface area (Å²) >= 11 is 0. The van der Waals surface area contributed by atoms with Gasteiger partial charge in [-0.05, 0) is 42.3 Å². The van der Waals surface area contributed by atoms with Gasteiger partial charge in [-0.2, -0.15) is 0 Å². The Bertz CT molecular complexity index is 802. The highest BCUT2D eigenvalue weighted by Gasteiger charge is 2.16. The van der Waals surface area contributed by atoms with Crippen LogP contribution >= 0.6 is 0 Å². The predicted molar refractivity (Wildman–Crippen MR) is 98.4 cm³/mol. The molecule has 136 valence electrons. The molecule has 2 aromatic carbocycles. The summed E-state index contributed by atoms with van der Waals surface area (Å²) < 4.78 is 11.1. The predicted octanol–water partition coefficient (Wildman–Crippen LogP) is 2.84. The fraction of sp³-hybridized carbons (Fsp3) is 0.300. The van der Waals surface area contributed by atoms with E-state index in [-0.39, 0.29) is 24.3 Å². The molecule has 1 heterocycles. The Hall–Kier alpha value is -3.02. The molecule has 1 atom stereocenters. The first kappa shape index (κ1) is 17.8. The standard InChI is InChI=1S/C20H22N2O4/c1-13(16-5-8-18-19(12-16)26-10-9-25-18)21-20(24)11-15-3-6-17(7-4-15)22-14(2)23/h3-8,12-13H,9-11H2,1-2H3,(H,21,24)(H,22,23). The number of carbonyl (C=O) groups excluding carboxylic acids is 2. The Balaban J connectivity index is 1.58. The van der Waals surface area contributed by atoms with Gasteiger partial charge in [-0.3, -0.25) is 9.59 Å². The number of carbonyl (C=O) groups is 2. The van der Waals surface area contributed by atoms with Gasteiger partial charge in [0.1, 0.15) is 13.2 Å². The Morgan fingerprint density at radius 1 is 1.04 bits per heavy atom. The van der Waals surface area contributed by atoms with Crippen LogP contribution in [0.1, 0.15) is 31.0 Å². The van der Waals surface area contributed by atoms with Crippen molar-refractivity contribution in [2.45, 2.75) is 26.3 Å². The molecule has 0 saturated heterocycles. The maximum Gasteiger partial charge on any atom is 0.224 e. The molecule has 1 aliphatic rings. The summed E-state index contributed by atoms with van der Waals surface area (Å²) in [4.78, 5) is 23.3. The van der Waals surface area contributed by atoms with E-state index in [0.717, 1.165) is 16.9 Å². The van der Waals surface area contributed by atoms with Gasteiger partial charge in [0, 0.05) is 12.6 Å². The SMILES string of the molecule is CC(=O)Nc1ccc(CC(=O)NC(C)c2ccc3c(c2)OCCO3)cc1. The van der Waals surface area contributed by atoms with Gasteiger partial charge in [-0.25, -0.2) is 0 Å². The second kappa shape index (κ2) is 7.91. The highest BCUT2D eigenvalue weighted by atomic mass is 16.6. The minimum atomic E-state index is -0.142. The first-order chi connectivity index (χ1) is 12.5. The zero-order valence-electron chi connectivity index (χ0n) is 14.9. The average molecular weight is 354 g/mol. The Labute approximate surface area is 152 Å². The van der Waals surface area contributed by atoms with Gasteiger partial charge in [0.2, 0.25) is 11.8 Å². The summed E-state index contributed by atoms with van der Waals surface area (Å²) in [7, 11) is 0. The number of hydrogen-bond donors (Lipinski definition) is 2. The molecule has 0 aromatic heterocycles. The second-order valence-electron chi connectivity index (χ2n) is 6.25. The van der Waals surface area contributed by atoms with Gasteiger partial charge in [0.25, 0.3) is 0 Å². The quantitative estimate of drug-likeness (QED) is 0.866. The van der Waals surface area contributed by atoms with E-state index < -0.39 is 0 Å². The van der Waals surface area contributed by atoms with Crippen molar-refractivity contribution in [2.75, 3.05) is 18.5 Å². The highest BCUT2D eigenvalue weighted by molar-refractivity contribution is 5.88. The molecule has 0 fully saturated rings. The monoisotopic (exact) mass is 354 g/mol. The molecule has 0 bridgehead atoms. The van der Waals surface area contributed by atoms with Crippen LogP contribution in [-0.4, -0.2) is 25.0 Å². The molecule has 6 nitrogen and oxygen atoms in total. The third-order valence-electron chi connectivity index (χ3n) is 4.08. The number of amides is 2. The number of rotatable bonds is 5. The number of nitrogens with one attached hydrogen (secondary N) is 2. The van der Waals surface area contributed by atoms with Crippen LogP contribution in [0.5, 0.6) is 11.5 Å². The first-order valence-corrected chi connectivity index (χ1v) is 8.57. The maximum atomic E-state index is 12.3. The summed E-state index contributed by atoms with van der Waals surface area (Å²) in [6.45, 7) is 4.48. The van der Waals surface area contributed by atoms with E-state index in [0.29, 0.717) is 24.7 Å². The summed E-state index contributed by atoms with van der Waals surface area (Å²) in [5.74, 6) is 1.25. The fourth-order valence-electron chi connectivity index (χ4n) is 2.80.